The second-order valence-electron chi connectivity index (χ2n) is 6.00. The molecule has 0 aliphatic rings. The van der Waals surface area contributed by atoms with Crippen molar-refractivity contribution in [2.45, 2.75) is 19.4 Å². The van der Waals surface area contributed by atoms with Crippen molar-refractivity contribution < 1.29 is 24.9 Å². The Morgan fingerprint density at radius 1 is 1.19 bits per heavy atom. The largest absolute Gasteiger partial charge is 0.508 e. The number of carbonyl (C=O) groups excluding carboxylic acids is 1. The molecule has 5 heteroatoms. The summed E-state index contributed by atoms with van der Waals surface area (Å²) in [6.07, 6.45) is 2.17. The average Bonchev–Trinajstić information content (AvgIpc) is 2.62. The van der Waals surface area contributed by atoms with Crippen molar-refractivity contribution in [2.75, 3.05) is 7.11 Å². The van der Waals surface area contributed by atoms with E-state index in [2.05, 4.69) is 6.58 Å². The van der Waals surface area contributed by atoms with Crippen LogP contribution in [0.15, 0.2) is 54.6 Å². The lowest BCUT2D eigenvalue weighted by atomic mass is 9.97. The van der Waals surface area contributed by atoms with Crippen molar-refractivity contribution in [1.82, 2.24) is 0 Å². The number of aliphatic hydroxyl groups is 1. The van der Waals surface area contributed by atoms with Crippen molar-refractivity contribution in [3.8, 4) is 17.2 Å². The predicted molar refractivity (Wildman–Crippen MR) is 101 cm³/mol. The lowest BCUT2D eigenvalue weighted by Crippen LogP contribution is -2.13. The number of aliphatic hydroxyl groups excluding tert-OH is 1. The molecule has 0 heterocycles. The molecule has 1 atom stereocenters. The number of carbonyl (C=O) groups is 1. The van der Waals surface area contributed by atoms with E-state index in [0.717, 1.165) is 5.56 Å². The molecule has 26 heavy (non-hydrogen) atoms. The van der Waals surface area contributed by atoms with Gasteiger partial charge in [-0.2, -0.15) is 0 Å². The van der Waals surface area contributed by atoms with Gasteiger partial charge in [-0.1, -0.05) is 30.4 Å². The number of aromatic hydroxyl groups is 2. The van der Waals surface area contributed by atoms with Gasteiger partial charge in [0.1, 0.15) is 17.2 Å². The fourth-order valence-corrected chi connectivity index (χ4v) is 2.42. The number of allylic oxidation sites excluding steroid dienone is 1. The highest BCUT2D eigenvalue weighted by Gasteiger charge is 2.19. The van der Waals surface area contributed by atoms with E-state index in [0.29, 0.717) is 16.9 Å². The van der Waals surface area contributed by atoms with Crippen LogP contribution in [-0.4, -0.2) is 34.3 Å². The first-order chi connectivity index (χ1) is 12.3. The van der Waals surface area contributed by atoms with E-state index in [9.17, 15) is 20.1 Å². The third-order valence-corrected chi connectivity index (χ3v) is 4.01. The van der Waals surface area contributed by atoms with Crippen LogP contribution in [-0.2, 0) is 6.42 Å². The van der Waals surface area contributed by atoms with Crippen molar-refractivity contribution in [3.05, 3.63) is 71.3 Å². The summed E-state index contributed by atoms with van der Waals surface area (Å²) in [6, 6.07) is 9.44. The Morgan fingerprint density at radius 2 is 1.85 bits per heavy atom. The first-order valence-corrected chi connectivity index (χ1v) is 8.07. The summed E-state index contributed by atoms with van der Waals surface area (Å²) in [7, 11) is 1.46. The molecular formula is C21H22O5. The van der Waals surface area contributed by atoms with Crippen LogP contribution in [0.2, 0.25) is 0 Å². The molecule has 2 aromatic rings. The number of phenols is 2. The van der Waals surface area contributed by atoms with E-state index in [1.807, 2.05) is 0 Å². The fraction of sp³-hybridized carbons (Fsp3) is 0.190. The highest BCUT2D eigenvalue weighted by atomic mass is 16.5. The molecule has 0 aliphatic heterocycles. The van der Waals surface area contributed by atoms with Crippen LogP contribution in [0.5, 0.6) is 17.2 Å². The first-order valence-electron chi connectivity index (χ1n) is 8.07. The molecule has 2 rings (SSSR count). The zero-order chi connectivity index (χ0) is 19.3. The van der Waals surface area contributed by atoms with Gasteiger partial charge in [0.05, 0.1) is 18.8 Å². The van der Waals surface area contributed by atoms with Gasteiger partial charge in [-0.05, 0) is 42.8 Å². The maximum atomic E-state index is 12.5. The summed E-state index contributed by atoms with van der Waals surface area (Å²) < 4.78 is 5.23. The number of ketones is 1. The number of benzene rings is 2. The summed E-state index contributed by atoms with van der Waals surface area (Å²) in [5.74, 6) is -0.0712. The van der Waals surface area contributed by atoms with Gasteiger partial charge in [0.15, 0.2) is 5.78 Å². The SMILES string of the molecule is C=C(C)[C@@H](O)Cc1c(OC)ccc(C(=O)/C=C/c2ccc(O)cc2)c1O. The molecule has 0 aliphatic carbocycles. The van der Waals surface area contributed by atoms with Gasteiger partial charge in [-0.3, -0.25) is 4.79 Å². The molecule has 0 fully saturated rings. The molecular weight excluding hydrogens is 332 g/mol. The minimum Gasteiger partial charge on any atom is -0.508 e. The summed E-state index contributed by atoms with van der Waals surface area (Å²) in [6.45, 7) is 5.38. The van der Waals surface area contributed by atoms with E-state index in [1.165, 1.54) is 31.4 Å². The Kier molecular flexibility index (Phi) is 6.20. The number of hydrogen-bond acceptors (Lipinski definition) is 5. The van der Waals surface area contributed by atoms with Gasteiger partial charge >= 0.3 is 0 Å². The third kappa shape index (κ3) is 4.52. The van der Waals surface area contributed by atoms with Crippen molar-refractivity contribution in [2.24, 2.45) is 0 Å². The smallest absolute Gasteiger partial charge is 0.189 e. The van der Waals surface area contributed by atoms with Crippen LogP contribution in [0.1, 0.15) is 28.4 Å². The second-order valence-corrected chi connectivity index (χ2v) is 6.00. The van der Waals surface area contributed by atoms with Gasteiger partial charge in [0.25, 0.3) is 0 Å². The lowest BCUT2D eigenvalue weighted by molar-refractivity contribution is 0.104. The molecule has 5 nitrogen and oxygen atoms in total. The molecule has 0 saturated heterocycles. The van der Waals surface area contributed by atoms with E-state index in [4.69, 9.17) is 4.74 Å². The molecule has 0 aromatic heterocycles. The maximum Gasteiger partial charge on any atom is 0.189 e. The van der Waals surface area contributed by atoms with Gasteiger partial charge in [0.2, 0.25) is 0 Å². The highest BCUT2D eigenvalue weighted by molar-refractivity contribution is 6.09. The van der Waals surface area contributed by atoms with Gasteiger partial charge < -0.3 is 20.1 Å². The Morgan fingerprint density at radius 3 is 2.42 bits per heavy atom. The third-order valence-electron chi connectivity index (χ3n) is 4.01. The second kappa shape index (κ2) is 8.36. The summed E-state index contributed by atoms with van der Waals surface area (Å²) in [5.41, 5.74) is 1.76. The van der Waals surface area contributed by atoms with Crippen LogP contribution in [0, 0.1) is 0 Å². The Labute approximate surface area is 152 Å². The lowest BCUT2D eigenvalue weighted by Gasteiger charge is -2.16. The van der Waals surface area contributed by atoms with E-state index in [1.54, 1.807) is 31.2 Å². The molecule has 0 amide bonds. The topological polar surface area (TPSA) is 87.0 Å². The summed E-state index contributed by atoms with van der Waals surface area (Å²) in [5, 5.41) is 29.8. The van der Waals surface area contributed by atoms with Crippen LogP contribution in [0.3, 0.4) is 0 Å². The minimum absolute atomic E-state index is 0.0904. The Bertz CT molecular complexity index is 834. The molecule has 2 aromatic carbocycles. The number of hydrogen-bond donors (Lipinski definition) is 3. The zero-order valence-electron chi connectivity index (χ0n) is 14.8. The number of ether oxygens (including phenoxy) is 1. The van der Waals surface area contributed by atoms with Crippen LogP contribution in [0.25, 0.3) is 6.08 Å². The zero-order valence-corrected chi connectivity index (χ0v) is 14.8. The van der Waals surface area contributed by atoms with Crippen LogP contribution in [0.4, 0.5) is 0 Å². The number of phenolic OH excluding ortho intramolecular Hbond substituents is 2. The number of rotatable bonds is 7. The van der Waals surface area contributed by atoms with E-state index < -0.39 is 6.10 Å². The molecule has 3 N–H and O–H groups in total. The minimum atomic E-state index is -0.854. The summed E-state index contributed by atoms with van der Waals surface area (Å²) in [4.78, 5) is 12.5. The Balaban J connectivity index is 2.32. The fourth-order valence-electron chi connectivity index (χ4n) is 2.42. The Hall–Kier alpha value is -3.05. The van der Waals surface area contributed by atoms with Gasteiger partial charge in [-0.15, -0.1) is 0 Å². The van der Waals surface area contributed by atoms with Crippen molar-refractivity contribution in [3.63, 3.8) is 0 Å². The monoisotopic (exact) mass is 354 g/mol. The van der Waals surface area contributed by atoms with Crippen molar-refractivity contribution >= 4 is 11.9 Å². The highest BCUT2D eigenvalue weighted by Crippen LogP contribution is 2.33. The summed E-state index contributed by atoms with van der Waals surface area (Å²) >= 11 is 0. The standard InChI is InChI=1S/C21H22O5/c1-13(2)19(24)12-17-20(26-3)11-9-16(21(17)25)18(23)10-6-14-4-7-15(22)8-5-14/h4-11,19,22,24-25H,1,12H2,2-3H3/b10-6+/t19-/m0/s1. The first kappa shape index (κ1) is 19.3. The van der Waals surface area contributed by atoms with Gasteiger partial charge in [0, 0.05) is 12.0 Å². The number of methoxy groups -OCH3 is 1. The molecule has 0 radical (unpaired) electrons. The molecule has 0 spiro atoms. The van der Waals surface area contributed by atoms with E-state index in [-0.39, 0.29) is 29.3 Å². The maximum absolute atomic E-state index is 12.5. The quantitative estimate of drug-likeness (QED) is 0.402. The predicted octanol–water partition coefficient (Wildman–Crippen LogP) is 3.48. The molecule has 136 valence electrons. The molecule has 0 unspecified atom stereocenters. The van der Waals surface area contributed by atoms with Gasteiger partial charge in [-0.25, -0.2) is 0 Å². The average molecular weight is 354 g/mol. The molecule has 0 saturated carbocycles. The van der Waals surface area contributed by atoms with Crippen LogP contribution < -0.4 is 4.74 Å². The van der Waals surface area contributed by atoms with Crippen LogP contribution >= 0.6 is 0 Å². The van der Waals surface area contributed by atoms with Crippen molar-refractivity contribution in [1.29, 1.82) is 0 Å². The molecule has 0 bridgehead atoms. The normalized spacial score (nSPS) is 12.1. The van der Waals surface area contributed by atoms with E-state index >= 15 is 0 Å².